The number of hydrogen-bond acceptors (Lipinski definition) is 3. The monoisotopic (exact) mass is 366 g/mol. The molecule has 0 unspecified atom stereocenters. The highest BCUT2D eigenvalue weighted by Gasteiger charge is 2.16. The minimum Gasteiger partial charge on any atom is -0.497 e. The highest BCUT2D eigenvalue weighted by atomic mass is 19.2. The van der Waals surface area contributed by atoms with E-state index in [9.17, 15) is 13.6 Å². The molecule has 3 rings (SSSR count). The molecule has 0 aliphatic rings. The molecule has 0 aliphatic heterocycles. The summed E-state index contributed by atoms with van der Waals surface area (Å²) in [6, 6.07) is 15.9. The topological polar surface area (TPSA) is 35.5 Å². The number of halogens is 2. The van der Waals surface area contributed by atoms with Gasteiger partial charge in [0.25, 0.3) is 0 Å². The minimum absolute atomic E-state index is 0.117. The molecule has 0 atom stereocenters. The smallest absolute Gasteiger partial charge is 0.335 e. The van der Waals surface area contributed by atoms with E-state index in [1.807, 2.05) is 0 Å². The Kier molecular flexibility index (Phi) is 5.31. The Morgan fingerprint density at radius 1 is 0.815 bits per heavy atom. The van der Waals surface area contributed by atoms with Crippen LogP contribution >= 0.6 is 0 Å². The number of carbonyl (C=O) groups excluding carboxylic acids is 1. The fraction of sp³-hybridized carbons (Fsp3) is 0.0455. The van der Waals surface area contributed by atoms with Gasteiger partial charge in [0.1, 0.15) is 11.5 Å². The number of carbonyl (C=O) groups is 1. The summed E-state index contributed by atoms with van der Waals surface area (Å²) in [5.74, 6) is -1.55. The highest BCUT2D eigenvalue weighted by Crippen LogP contribution is 2.32. The Labute approximate surface area is 155 Å². The van der Waals surface area contributed by atoms with E-state index in [0.29, 0.717) is 22.6 Å². The van der Waals surface area contributed by atoms with Crippen LogP contribution < -0.4 is 9.47 Å². The molecule has 5 heteroatoms. The molecule has 0 fully saturated rings. The van der Waals surface area contributed by atoms with E-state index in [1.165, 1.54) is 31.4 Å². The molecule has 0 N–H and O–H groups in total. The van der Waals surface area contributed by atoms with Gasteiger partial charge in [-0.1, -0.05) is 43.0 Å². The van der Waals surface area contributed by atoms with E-state index in [1.54, 1.807) is 36.4 Å². The summed E-state index contributed by atoms with van der Waals surface area (Å²) in [6.45, 7) is 3.31. The molecule has 0 aromatic heterocycles. The molecule has 0 amide bonds. The van der Waals surface area contributed by atoms with Crippen LogP contribution in [0.4, 0.5) is 8.78 Å². The Bertz CT molecular complexity index is 978. The lowest BCUT2D eigenvalue weighted by Crippen LogP contribution is -2.02. The Morgan fingerprint density at radius 3 is 1.67 bits per heavy atom. The van der Waals surface area contributed by atoms with Gasteiger partial charge in [-0.3, -0.25) is 0 Å². The number of methoxy groups -OCH3 is 1. The van der Waals surface area contributed by atoms with Crippen LogP contribution in [-0.2, 0) is 4.79 Å². The van der Waals surface area contributed by atoms with Crippen LogP contribution in [0, 0.1) is 11.6 Å². The summed E-state index contributed by atoms with van der Waals surface area (Å²) in [5.41, 5.74) is 1.29. The standard InChI is InChI=1S/C22H16F2O3/c1-3-20(25)27-17-10-6-15(7-11-17)19-13-12-18(21(23)22(19)24)14-4-8-16(26-2)9-5-14/h3-13H,1H2,2H3. The summed E-state index contributed by atoms with van der Waals surface area (Å²) in [7, 11) is 1.54. The third kappa shape index (κ3) is 3.87. The third-order valence-corrected chi connectivity index (χ3v) is 4.03. The van der Waals surface area contributed by atoms with Gasteiger partial charge in [-0.15, -0.1) is 0 Å². The average molecular weight is 366 g/mol. The Balaban J connectivity index is 1.92. The fourth-order valence-corrected chi connectivity index (χ4v) is 2.63. The zero-order chi connectivity index (χ0) is 19.4. The molecule has 3 nitrogen and oxygen atoms in total. The summed E-state index contributed by atoms with van der Waals surface area (Å²) in [4.78, 5) is 11.2. The van der Waals surface area contributed by atoms with Crippen LogP contribution in [0.5, 0.6) is 11.5 Å². The van der Waals surface area contributed by atoms with Crippen molar-refractivity contribution in [3.8, 4) is 33.8 Å². The second kappa shape index (κ2) is 7.83. The van der Waals surface area contributed by atoms with E-state index in [4.69, 9.17) is 9.47 Å². The predicted octanol–water partition coefficient (Wildman–Crippen LogP) is 5.40. The first kappa shape index (κ1) is 18.3. The zero-order valence-corrected chi connectivity index (χ0v) is 14.5. The van der Waals surface area contributed by atoms with Crippen molar-refractivity contribution in [1.29, 1.82) is 0 Å². The molecule has 0 spiro atoms. The van der Waals surface area contributed by atoms with E-state index in [2.05, 4.69) is 6.58 Å². The Morgan fingerprint density at radius 2 is 1.26 bits per heavy atom. The van der Waals surface area contributed by atoms with Gasteiger partial charge >= 0.3 is 5.97 Å². The molecule has 0 aliphatic carbocycles. The first-order chi connectivity index (χ1) is 13.0. The highest BCUT2D eigenvalue weighted by molar-refractivity contribution is 5.83. The summed E-state index contributed by atoms with van der Waals surface area (Å²) in [5, 5.41) is 0. The van der Waals surface area contributed by atoms with Crippen molar-refractivity contribution in [3.05, 3.63) is 85.0 Å². The minimum atomic E-state index is -0.945. The van der Waals surface area contributed by atoms with Crippen LogP contribution in [0.15, 0.2) is 73.3 Å². The van der Waals surface area contributed by atoms with Gasteiger partial charge in [0.2, 0.25) is 0 Å². The maximum absolute atomic E-state index is 14.6. The first-order valence-corrected chi connectivity index (χ1v) is 8.10. The molecule has 136 valence electrons. The van der Waals surface area contributed by atoms with Crippen LogP contribution in [0.3, 0.4) is 0 Å². The third-order valence-electron chi connectivity index (χ3n) is 4.03. The zero-order valence-electron chi connectivity index (χ0n) is 14.5. The van der Waals surface area contributed by atoms with Gasteiger partial charge in [-0.05, 0) is 35.4 Å². The van der Waals surface area contributed by atoms with Crippen molar-refractivity contribution in [3.63, 3.8) is 0 Å². The molecule has 0 saturated heterocycles. The van der Waals surface area contributed by atoms with Crippen molar-refractivity contribution in [1.82, 2.24) is 0 Å². The fourth-order valence-electron chi connectivity index (χ4n) is 2.63. The van der Waals surface area contributed by atoms with Crippen molar-refractivity contribution in [2.45, 2.75) is 0 Å². The molecule has 0 bridgehead atoms. The van der Waals surface area contributed by atoms with Gasteiger partial charge in [0, 0.05) is 17.2 Å². The number of rotatable bonds is 5. The Hall–Kier alpha value is -3.47. The number of benzene rings is 3. The molecule has 3 aromatic carbocycles. The van der Waals surface area contributed by atoms with Gasteiger partial charge < -0.3 is 9.47 Å². The van der Waals surface area contributed by atoms with E-state index >= 15 is 0 Å². The van der Waals surface area contributed by atoms with Crippen LogP contribution in [0.1, 0.15) is 0 Å². The predicted molar refractivity (Wildman–Crippen MR) is 99.6 cm³/mol. The van der Waals surface area contributed by atoms with Crippen molar-refractivity contribution in [2.75, 3.05) is 7.11 Å². The van der Waals surface area contributed by atoms with Crippen LogP contribution in [0.2, 0.25) is 0 Å². The first-order valence-electron chi connectivity index (χ1n) is 8.10. The van der Waals surface area contributed by atoms with Gasteiger partial charge in [0.05, 0.1) is 7.11 Å². The van der Waals surface area contributed by atoms with Crippen molar-refractivity contribution in [2.24, 2.45) is 0 Å². The van der Waals surface area contributed by atoms with E-state index < -0.39 is 17.6 Å². The number of esters is 1. The summed E-state index contributed by atoms with van der Waals surface area (Å²) >= 11 is 0. The molecule has 3 aromatic rings. The van der Waals surface area contributed by atoms with E-state index in [0.717, 1.165) is 6.08 Å². The maximum Gasteiger partial charge on any atom is 0.335 e. The second-order valence-corrected chi connectivity index (χ2v) is 5.67. The SMILES string of the molecule is C=CC(=O)Oc1ccc(-c2ccc(-c3ccc(OC)cc3)c(F)c2F)cc1. The lowest BCUT2D eigenvalue weighted by molar-refractivity contribution is -0.128. The van der Waals surface area contributed by atoms with Gasteiger partial charge in [-0.25, -0.2) is 13.6 Å². The normalized spacial score (nSPS) is 10.3. The number of hydrogen-bond donors (Lipinski definition) is 0. The van der Waals surface area contributed by atoms with Crippen LogP contribution in [-0.4, -0.2) is 13.1 Å². The van der Waals surface area contributed by atoms with Crippen molar-refractivity contribution < 1.29 is 23.0 Å². The summed E-state index contributed by atoms with van der Waals surface area (Å²) < 4.78 is 39.3. The van der Waals surface area contributed by atoms with Gasteiger partial charge in [0.15, 0.2) is 11.6 Å². The number of ether oxygens (including phenoxy) is 2. The van der Waals surface area contributed by atoms with Crippen LogP contribution in [0.25, 0.3) is 22.3 Å². The largest absolute Gasteiger partial charge is 0.497 e. The molecule has 0 heterocycles. The molecular formula is C22H16F2O3. The van der Waals surface area contributed by atoms with Gasteiger partial charge in [-0.2, -0.15) is 0 Å². The van der Waals surface area contributed by atoms with Crippen molar-refractivity contribution >= 4 is 5.97 Å². The maximum atomic E-state index is 14.6. The quantitative estimate of drug-likeness (QED) is 0.345. The van der Waals surface area contributed by atoms with E-state index in [-0.39, 0.29) is 11.1 Å². The molecule has 27 heavy (non-hydrogen) atoms. The second-order valence-electron chi connectivity index (χ2n) is 5.67. The molecular weight excluding hydrogens is 350 g/mol. The lowest BCUT2D eigenvalue weighted by atomic mass is 9.98. The average Bonchev–Trinajstić information content (AvgIpc) is 2.71. The molecule has 0 radical (unpaired) electrons. The lowest BCUT2D eigenvalue weighted by Gasteiger charge is -2.10. The molecule has 0 saturated carbocycles. The summed E-state index contributed by atoms with van der Waals surface area (Å²) in [6.07, 6.45) is 1.04.